The molecule has 68 heavy (non-hydrogen) atoms. The maximum Gasteiger partial charge on any atom is 0.320 e. The van der Waals surface area contributed by atoms with E-state index in [1.165, 1.54) is 12.2 Å². The second-order valence-electron chi connectivity index (χ2n) is 15.7. The summed E-state index contributed by atoms with van der Waals surface area (Å²) >= 11 is 29.6. The third-order valence-electron chi connectivity index (χ3n) is 10.0. The molecule has 366 valence electrons. The fourth-order valence-electron chi connectivity index (χ4n) is 5.86. The van der Waals surface area contributed by atoms with Crippen molar-refractivity contribution in [3.05, 3.63) is 174 Å². The summed E-state index contributed by atoms with van der Waals surface area (Å²) in [6.07, 6.45) is 2.73. The number of hydrogen-bond acceptors (Lipinski definition) is 8. The third kappa shape index (κ3) is 23.8. The Labute approximate surface area is 425 Å². The van der Waals surface area contributed by atoms with Crippen LogP contribution in [0.4, 0.5) is 0 Å². The summed E-state index contributed by atoms with van der Waals surface area (Å²) in [5, 5.41) is 39.6. The average molecular weight is 1030 g/mol. The summed E-state index contributed by atoms with van der Waals surface area (Å²) in [4.78, 5) is 48.0. The zero-order chi connectivity index (χ0) is 51.3. The highest BCUT2D eigenvalue weighted by atomic mass is 35.5. The summed E-state index contributed by atoms with van der Waals surface area (Å²) in [6, 6.07) is 37.9. The Morgan fingerprint density at radius 2 is 0.926 bits per heavy atom. The molecule has 5 N–H and O–H groups in total. The van der Waals surface area contributed by atoms with Crippen LogP contribution in [0.5, 0.6) is 0 Å². The molecule has 1 unspecified atom stereocenters. The van der Waals surface area contributed by atoms with E-state index in [0.717, 1.165) is 45.5 Å². The molecule has 0 aliphatic heterocycles. The monoisotopic (exact) mass is 1030 g/mol. The van der Waals surface area contributed by atoms with Gasteiger partial charge in [0.2, 0.25) is 5.91 Å². The number of aliphatic carboxylic acids is 2. The normalized spacial score (nSPS) is 12.8. The molecule has 0 heterocycles. The number of aldehydes is 1. The minimum atomic E-state index is -1.01. The maximum absolute atomic E-state index is 11.7. The zero-order valence-electron chi connectivity index (χ0n) is 38.9. The number of rotatable bonds is 16. The van der Waals surface area contributed by atoms with Crippen molar-refractivity contribution in [2.75, 3.05) is 14.2 Å². The maximum atomic E-state index is 11.7. The van der Waals surface area contributed by atoms with E-state index in [-0.39, 0.29) is 36.0 Å². The smallest absolute Gasteiger partial charge is 0.320 e. The van der Waals surface area contributed by atoms with Crippen LogP contribution in [-0.4, -0.2) is 70.8 Å². The van der Waals surface area contributed by atoms with Crippen LogP contribution in [0, 0.1) is 35.0 Å². The zero-order valence-corrected chi connectivity index (χ0v) is 42.6. The van der Waals surface area contributed by atoms with Crippen molar-refractivity contribution in [2.45, 2.75) is 71.9 Å². The van der Waals surface area contributed by atoms with Crippen LogP contribution in [0.3, 0.4) is 0 Å². The van der Waals surface area contributed by atoms with Crippen molar-refractivity contribution in [1.29, 1.82) is 5.26 Å². The van der Waals surface area contributed by atoms with Crippen molar-refractivity contribution in [3.63, 3.8) is 0 Å². The Bertz CT molecular complexity index is 2300. The van der Waals surface area contributed by atoms with Gasteiger partial charge in [0.15, 0.2) is 0 Å². The number of carboxylic acid groups (broad SMARTS) is 2. The number of carboxylic acids is 2. The first-order valence-electron chi connectivity index (χ1n) is 21.4. The molecule has 16 heteroatoms. The Morgan fingerprint density at radius 1 is 0.603 bits per heavy atom. The number of nitriles is 1. The molecule has 5 aromatic carbocycles. The van der Waals surface area contributed by atoms with Gasteiger partial charge in [0.25, 0.3) is 0 Å². The fourth-order valence-corrected chi connectivity index (χ4v) is 6.92. The van der Waals surface area contributed by atoms with E-state index in [0.29, 0.717) is 39.4 Å². The average Bonchev–Trinajstić information content (AvgIpc) is 3.32. The predicted molar refractivity (Wildman–Crippen MR) is 273 cm³/mol. The number of carbonyl (C=O) groups excluding carboxylic acids is 2. The number of amides is 1. The Morgan fingerprint density at radius 3 is 1.24 bits per heavy atom. The second-order valence-corrected chi connectivity index (χ2v) is 17.8. The second kappa shape index (κ2) is 33.5. The largest absolute Gasteiger partial charge is 0.481 e. The van der Waals surface area contributed by atoms with Gasteiger partial charge < -0.3 is 25.8 Å². The molecule has 1 amide bonds. The molecule has 0 spiro atoms. The molecule has 0 saturated carbocycles. The number of nitrogens with two attached hydrogens (primary N) is 1. The molecule has 5 aromatic rings. The van der Waals surface area contributed by atoms with Crippen LogP contribution < -0.4 is 5.73 Å². The van der Waals surface area contributed by atoms with E-state index < -0.39 is 24.1 Å². The van der Waals surface area contributed by atoms with Gasteiger partial charge in [-0.25, -0.2) is 5.06 Å². The van der Waals surface area contributed by atoms with Gasteiger partial charge in [-0.2, -0.15) is 5.26 Å². The van der Waals surface area contributed by atoms with Crippen LogP contribution in [-0.2, 0) is 56.1 Å². The highest BCUT2D eigenvalue weighted by molar-refractivity contribution is 6.32. The molecule has 6 atom stereocenters. The van der Waals surface area contributed by atoms with Gasteiger partial charge in [-0.05, 0) is 96.2 Å². The predicted octanol–water partition coefficient (Wildman–Crippen LogP) is 11.6. The number of aliphatic hydroxyl groups is 1. The van der Waals surface area contributed by atoms with Crippen LogP contribution in [0.15, 0.2) is 121 Å². The Kier molecular flexibility index (Phi) is 30.0. The van der Waals surface area contributed by atoms with Crippen molar-refractivity contribution in [2.24, 2.45) is 29.4 Å². The molecule has 0 aliphatic carbocycles. The molecular formula is C52H60Cl5N3O8. The van der Waals surface area contributed by atoms with Crippen LogP contribution in [0.2, 0.25) is 25.1 Å². The number of aliphatic hydroxyl groups excluding tert-OH is 1. The summed E-state index contributed by atoms with van der Waals surface area (Å²) in [7, 11) is 3.07. The van der Waals surface area contributed by atoms with Crippen LogP contribution in [0.25, 0.3) is 0 Å². The van der Waals surface area contributed by atoms with Crippen LogP contribution in [0.1, 0.15) is 55.5 Å². The minimum absolute atomic E-state index is 0.0462. The lowest BCUT2D eigenvalue weighted by atomic mass is 9.96. The molecule has 0 fully saturated rings. The fraction of sp³-hybridized carbons (Fsp3) is 0.327. The van der Waals surface area contributed by atoms with Gasteiger partial charge in [-0.15, -0.1) is 0 Å². The van der Waals surface area contributed by atoms with E-state index in [1.807, 2.05) is 118 Å². The number of carbonyl (C=O) groups is 4. The Balaban J connectivity index is 0.000000426. The lowest BCUT2D eigenvalue weighted by Crippen LogP contribution is -2.32. The number of hydroxylamine groups is 2. The van der Waals surface area contributed by atoms with E-state index in [1.54, 1.807) is 44.3 Å². The van der Waals surface area contributed by atoms with Gasteiger partial charge in [0, 0.05) is 44.0 Å². The van der Waals surface area contributed by atoms with E-state index in [4.69, 9.17) is 84.1 Å². The van der Waals surface area contributed by atoms with Crippen molar-refractivity contribution < 1.29 is 39.3 Å². The molecule has 0 aromatic heterocycles. The third-order valence-corrected chi connectivity index (χ3v) is 11.9. The lowest BCUT2D eigenvalue weighted by molar-refractivity contribution is -0.172. The van der Waals surface area contributed by atoms with E-state index in [2.05, 4.69) is 0 Å². The standard InChI is InChI=1S/C12H16ClNO2.C11H12ClNO.C10H11ClO2.C10H11ClO.C9H10ClNO2/c1-9(12(15)14(2)16-3)8-10-6-4-5-7-11(10)13;1-8(11(14)7-13)6-9-4-2-3-5-10(9)12;1-7(10(12)13)6-8-4-2-3-5-9(8)11;1-8(7-12)6-9-4-2-3-5-10(9)11;10-7-4-2-1-3-6(7)5-8(11)9(12)13/h4-7,9H,8H2,1-3H3;2-5,8,11,14H,6H2,1H3;2-5,7H,6H2,1H3,(H,12,13);2-5,7-8H,6H2,1H3;1-4,8H,5,11H2,(H,12,13)/t9-;8-,11?;7-;2*8-/m11111/s1. The van der Waals surface area contributed by atoms with Gasteiger partial charge in [0.05, 0.1) is 19.1 Å². The number of halogens is 5. The minimum Gasteiger partial charge on any atom is -0.481 e. The first-order chi connectivity index (χ1) is 32.2. The van der Waals surface area contributed by atoms with E-state index in [9.17, 15) is 24.3 Å². The van der Waals surface area contributed by atoms with Gasteiger partial charge in [0.1, 0.15) is 18.4 Å². The van der Waals surface area contributed by atoms with Crippen LogP contribution >= 0.6 is 58.0 Å². The van der Waals surface area contributed by atoms with Gasteiger partial charge in [-0.1, -0.05) is 177 Å². The van der Waals surface area contributed by atoms with Crippen molar-refractivity contribution in [1.82, 2.24) is 5.06 Å². The molecular weight excluding hydrogens is 972 g/mol. The topological polar surface area (TPSA) is 191 Å². The SMILES string of the molecule is CON(C)C(=O)[C@H](C)Cc1ccccc1Cl.C[C@@H](C=O)Cc1ccccc1Cl.C[C@H](Cc1ccccc1Cl)C(=O)O.C[C@H](Cc1ccccc1Cl)C(O)C#N.N[C@H](Cc1ccccc1Cl)C(=O)O. The number of benzene rings is 5. The highest BCUT2D eigenvalue weighted by Crippen LogP contribution is 2.22. The summed E-state index contributed by atoms with van der Waals surface area (Å²) in [5.41, 5.74) is 10.0. The van der Waals surface area contributed by atoms with Crippen molar-refractivity contribution >= 4 is 82.1 Å². The lowest BCUT2D eigenvalue weighted by Gasteiger charge is -2.19. The summed E-state index contributed by atoms with van der Waals surface area (Å²) in [5.74, 6) is -2.45. The molecule has 0 saturated heterocycles. The quantitative estimate of drug-likeness (QED) is 0.0420. The highest BCUT2D eigenvalue weighted by Gasteiger charge is 2.19. The molecule has 11 nitrogen and oxygen atoms in total. The van der Waals surface area contributed by atoms with E-state index >= 15 is 0 Å². The first kappa shape index (κ1) is 61.0. The summed E-state index contributed by atoms with van der Waals surface area (Å²) in [6.45, 7) is 7.25. The first-order valence-corrected chi connectivity index (χ1v) is 23.3. The summed E-state index contributed by atoms with van der Waals surface area (Å²) < 4.78 is 0. The van der Waals surface area contributed by atoms with Gasteiger partial charge in [-0.3, -0.25) is 19.2 Å². The number of hydrogen-bond donors (Lipinski definition) is 4. The molecule has 0 aliphatic rings. The Hall–Kier alpha value is -5.00. The molecule has 5 rings (SSSR count). The van der Waals surface area contributed by atoms with Gasteiger partial charge >= 0.3 is 11.9 Å². The number of nitrogens with zero attached hydrogens (tertiary/aromatic N) is 2. The molecule has 0 radical (unpaired) electrons. The molecule has 0 bridgehead atoms. The van der Waals surface area contributed by atoms with Crippen molar-refractivity contribution in [3.8, 4) is 6.07 Å².